The number of ether oxygens (including phenoxy) is 2. The first-order chi connectivity index (χ1) is 10.2. The molecule has 0 fully saturated rings. The van der Waals surface area contributed by atoms with Gasteiger partial charge in [-0.1, -0.05) is 6.07 Å². The lowest BCUT2D eigenvalue weighted by Crippen LogP contribution is -2.41. The number of aliphatic imine (C=N–C) groups is 1. The Balaban J connectivity index is 2.71. The van der Waals surface area contributed by atoms with Crippen molar-refractivity contribution in [2.24, 2.45) is 4.99 Å². The highest BCUT2D eigenvalue weighted by atomic mass is 16.5. The van der Waals surface area contributed by atoms with E-state index in [1.807, 2.05) is 19.1 Å². The fourth-order valence-electron chi connectivity index (χ4n) is 1.65. The summed E-state index contributed by atoms with van der Waals surface area (Å²) in [6, 6.07) is 4.18. The van der Waals surface area contributed by atoms with Gasteiger partial charge in [0.2, 0.25) is 5.88 Å². The van der Waals surface area contributed by atoms with Gasteiger partial charge in [0.25, 0.3) is 0 Å². The van der Waals surface area contributed by atoms with Gasteiger partial charge in [0.05, 0.1) is 13.2 Å². The lowest BCUT2D eigenvalue weighted by molar-refractivity contribution is 0.143. The summed E-state index contributed by atoms with van der Waals surface area (Å²) in [5.41, 5.74) is 0.953. The second-order valence-electron chi connectivity index (χ2n) is 4.80. The molecule has 0 aliphatic carbocycles. The van der Waals surface area contributed by atoms with Crippen molar-refractivity contribution in [3.63, 3.8) is 0 Å². The normalized spacial score (nSPS) is 11.6. The van der Waals surface area contributed by atoms with E-state index >= 15 is 0 Å². The molecular weight excluding hydrogens is 268 g/mol. The zero-order valence-corrected chi connectivity index (χ0v) is 13.3. The van der Waals surface area contributed by atoms with Crippen LogP contribution >= 0.6 is 0 Å². The summed E-state index contributed by atoms with van der Waals surface area (Å²) in [4.78, 5) is 8.80. The Hall–Kier alpha value is -1.82. The first-order valence-corrected chi connectivity index (χ1v) is 7.27. The minimum Gasteiger partial charge on any atom is -0.475 e. The Morgan fingerprint density at radius 1 is 1.38 bits per heavy atom. The van der Waals surface area contributed by atoms with E-state index in [0.29, 0.717) is 31.7 Å². The van der Waals surface area contributed by atoms with Crippen molar-refractivity contribution in [2.45, 2.75) is 33.4 Å². The van der Waals surface area contributed by atoms with E-state index in [1.165, 1.54) is 0 Å². The highest BCUT2D eigenvalue weighted by Gasteiger charge is 2.05. The van der Waals surface area contributed by atoms with Crippen molar-refractivity contribution in [3.8, 4) is 5.88 Å². The SMILES string of the molecule is CCNC(=NCc1cccnc1OCCOC)NC(C)C. The molecule has 6 heteroatoms. The molecule has 0 radical (unpaired) electrons. The fraction of sp³-hybridized carbons (Fsp3) is 0.600. The van der Waals surface area contributed by atoms with E-state index in [0.717, 1.165) is 18.1 Å². The molecule has 0 saturated carbocycles. The fourth-order valence-corrected chi connectivity index (χ4v) is 1.65. The summed E-state index contributed by atoms with van der Waals surface area (Å²) in [6.45, 7) is 8.56. The van der Waals surface area contributed by atoms with Gasteiger partial charge in [0.15, 0.2) is 5.96 Å². The zero-order valence-electron chi connectivity index (χ0n) is 13.3. The number of pyridine rings is 1. The summed E-state index contributed by atoms with van der Waals surface area (Å²) in [7, 11) is 1.65. The van der Waals surface area contributed by atoms with Crippen molar-refractivity contribution in [2.75, 3.05) is 26.9 Å². The predicted molar refractivity (Wildman–Crippen MR) is 84.7 cm³/mol. The molecule has 0 spiro atoms. The largest absolute Gasteiger partial charge is 0.475 e. The molecule has 0 aliphatic heterocycles. The first-order valence-electron chi connectivity index (χ1n) is 7.27. The molecule has 0 amide bonds. The van der Waals surface area contributed by atoms with Gasteiger partial charge in [0, 0.05) is 31.5 Å². The van der Waals surface area contributed by atoms with Crippen molar-refractivity contribution in [1.82, 2.24) is 15.6 Å². The van der Waals surface area contributed by atoms with Crippen LogP contribution < -0.4 is 15.4 Å². The molecule has 118 valence electrons. The summed E-state index contributed by atoms with van der Waals surface area (Å²) in [5.74, 6) is 1.40. The van der Waals surface area contributed by atoms with Crippen molar-refractivity contribution < 1.29 is 9.47 Å². The smallest absolute Gasteiger partial charge is 0.218 e. The van der Waals surface area contributed by atoms with Crippen LogP contribution in [-0.2, 0) is 11.3 Å². The van der Waals surface area contributed by atoms with Gasteiger partial charge < -0.3 is 20.1 Å². The van der Waals surface area contributed by atoms with Gasteiger partial charge in [-0.15, -0.1) is 0 Å². The topological polar surface area (TPSA) is 67.8 Å². The van der Waals surface area contributed by atoms with Gasteiger partial charge in [-0.2, -0.15) is 0 Å². The molecule has 21 heavy (non-hydrogen) atoms. The minimum atomic E-state index is 0.328. The number of hydrogen-bond donors (Lipinski definition) is 2. The van der Waals surface area contributed by atoms with Crippen LogP contribution in [0.2, 0.25) is 0 Å². The van der Waals surface area contributed by atoms with E-state index in [4.69, 9.17) is 9.47 Å². The van der Waals surface area contributed by atoms with Crippen LogP contribution in [0.25, 0.3) is 0 Å². The molecule has 1 aromatic heterocycles. The summed E-state index contributed by atoms with van der Waals surface area (Å²) in [6.07, 6.45) is 1.72. The summed E-state index contributed by atoms with van der Waals surface area (Å²) < 4.78 is 10.6. The van der Waals surface area contributed by atoms with Gasteiger partial charge >= 0.3 is 0 Å². The molecular formula is C15H26N4O2. The number of rotatable bonds is 8. The molecule has 1 heterocycles. The molecule has 1 aromatic rings. The van der Waals surface area contributed by atoms with Crippen LogP contribution in [0.3, 0.4) is 0 Å². The number of methoxy groups -OCH3 is 1. The average Bonchev–Trinajstić information content (AvgIpc) is 2.46. The molecule has 0 aromatic carbocycles. The third-order valence-electron chi connectivity index (χ3n) is 2.55. The molecule has 0 atom stereocenters. The third kappa shape index (κ3) is 6.94. The number of nitrogens with one attached hydrogen (secondary N) is 2. The van der Waals surface area contributed by atoms with Crippen LogP contribution in [0.4, 0.5) is 0 Å². The summed E-state index contributed by atoms with van der Waals surface area (Å²) in [5, 5.41) is 6.49. The maximum absolute atomic E-state index is 5.60. The quantitative estimate of drug-likeness (QED) is 0.433. The van der Waals surface area contributed by atoms with E-state index < -0.39 is 0 Å². The molecule has 2 N–H and O–H groups in total. The van der Waals surface area contributed by atoms with Crippen LogP contribution in [0.5, 0.6) is 5.88 Å². The van der Waals surface area contributed by atoms with E-state index in [1.54, 1.807) is 13.3 Å². The monoisotopic (exact) mass is 294 g/mol. The predicted octanol–water partition coefficient (Wildman–Crippen LogP) is 1.57. The maximum Gasteiger partial charge on any atom is 0.218 e. The van der Waals surface area contributed by atoms with Gasteiger partial charge in [0.1, 0.15) is 6.61 Å². The zero-order chi connectivity index (χ0) is 15.5. The number of nitrogens with zero attached hydrogens (tertiary/aromatic N) is 2. The lowest BCUT2D eigenvalue weighted by atomic mass is 10.3. The molecule has 0 bridgehead atoms. The summed E-state index contributed by atoms with van der Waals surface area (Å²) >= 11 is 0. The molecule has 0 saturated heterocycles. The van der Waals surface area contributed by atoms with Crippen molar-refractivity contribution in [3.05, 3.63) is 23.9 Å². The highest BCUT2D eigenvalue weighted by Crippen LogP contribution is 2.15. The van der Waals surface area contributed by atoms with E-state index in [9.17, 15) is 0 Å². The molecule has 0 unspecified atom stereocenters. The van der Waals surface area contributed by atoms with Gasteiger partial charge in [-0.25, -0.2) is 9.98 Å². The molecule has 1 rings (SSSR count). The highest BCUT2D eigenvalue weighted by molar-refractivity contribution is 5.80. The second kappa shape index (κ2) is 9.99. The Morgan fingerprint density at radius 2 is 2.19 bits per heavy atom. The van der Waals surface area contributed by atoms with Crippen molar-refractivity contribution in [1.29, 1.82) is 0 Å². The Bertz CT molecular complexity index is 435. The van der Waals surface area contributed by atoms with Gasteiger partial charge in [-0.3, -0.25) is 0 Å². The Kier molecular flexibility index (Phi) is 8.19. The Morgan fingerprint density at radius 3 is 2.86 bits per heavy atom. The minimum absolute atomic E-state index is 0.328. The maximum atomic E-state index is 5.60. The van der Waals surface area contributed by atoms with Crippen molar-refractivity contribution >= 4 is 5.96 Å². The number of hydrogen-bond acceptors (Lipinski definition) is 4. The third-order valence-corrected chi connectivity index (χ3v) is 2.55. The molecule has 0 aliphatic rings. The van der Waals surface area contributed by atoms with Crippen LogP contribution in [-0.4, -0.2) is 43.9 Å². The van der Waals surface area contributed by atoms with Crippen LogP contribution in [0.15, 0.2) is 23.3 Å². The standard InChI is InChI=1S/C15H26N4O2/c1-5-16-15(19-12(2)3)18-11-13-7-6-8-17-14(13)21-10-9-20-4/h6-8,12H,5,9-11H2,1-4H3,(H2,16,18,19). The number of guanidine groups is 1. The van der Waals surface area contributed by atoms with E-state index in [2.05, 4.69) is 34.5 Å². The van der Waals surface area contributed by atoms with Crippen LogP contribution in [0.1, 0.15) is 26.3 Å². The van der Waals surface area contributed by atoms with Crippen LogP contribution in [0, 0.1) is 0 Å². The second-order valence-corrected chi connectivity index (χ2v) is 4.80. The Labute approximate surface area is 127 Å². The number of aromatic nitrogens is 1. The lowest BCUT2D eigenvalue weighted by Gasteiger charge is -2.14. The first kappa shape index (κ1) is 17.2. The molecule has 6 nitrogen and oxygen atoms in total. The van der Waals surface area contributed by atoms with E-state index in [-0.39, 0.29) is 0 Å². The average molecular weight is 294 g/mol. The van der Waals surface area contributed by atoms with Gasteiger partial charge in [-0.05, 0) is 26.8 Å².